The molecule has 9 heteroatoms. The highest BCUT2D eigenvalue weighted by Gasteiger charge is 2.15. The fourth-order valence-electron chi connectivity index (χ4n) is 2.68. The molecule has 4 aromatic heterocycles. The standard InChI is InChI=1S/C20H18N6O3/c27-19(17-5-2-11-29-17)23-6-3-7-24-20-25-12-14(15-13-21-8-9-22-15)18(26-20)16-4-1-10-28-16/h1-2,4-5,8-13H,3,6-7H2,(H,23,27)(H,24,25,26). The summed E-state index contributed by atoms with van der Waals surface area (Å²) in [5.41, 5.74) is 2.01. The Labute approximate surface area is 166 Å². The van der Waals surface area contributed by atoms with E-state index in [9.17, 15) is 4.79 Å². The third-order valence-electron chi connectivity index (χ3n) is 4.05. The number of hydrogen-bond acceptors (Lipinski definition) is 8. The number of rotatable bonds is 8. The number of hydrogen-bond donors (Lipinski definition) is 2. The molecule has 1 amide bonds. The highest BCUT2D eigenvalue weighted by Crippen LogP contribution is 2.29. The van der Waals surface area contributed by atoms with E-state index in [2.05, 4.69) is 30.6 Å². The zero-order valence-corrected chi connectivity index (χ0v) is 15.4. The Morgan fingerprint density at radius 1 is 1.00 bits per heavy atom. The van der Waals surface area contributed by atoms with Gasteiger partial charge in [-0.05, 0) is 30.7 Å². The van der Waals surface area contributed by atoms with Crippen LogP contribution >= 0.6 is 0 Å². The number of aromatic nitrogens is 4. The Hall–Kier alpha value is -4.01. The molecule has 0 aromatic carbocycles. The molecule has 0 radical (unpaired) electrons. The number of nitrogens with one attached hydrogen (secondary N) is 2. The zero-order valence-electron chi connectivity index (χ0n) is 15.4. The van der Waals surface area contributed by atoms with E-state index in [4.69, 9.17) is 8.83 Å². The molecule has 0 saturated carbocycles. The van der Waals surface area contributed by atoms with Crippen LogP contribution in [0.25, 0.3) is 22.7 Å². The second-order valence-corrected chi connectivity index (χ2v) is 6.04. The lowest BCUT2D eigenvalue weighted by Gasteiger charge is -2.10. The lowest BCUT2D eigenvalue weighted by atomic mass is 10.1. The van der Waals surface area contributed by atoms with Crippen molar-refractivity contribution in [3.8, 4) is 22.7 Å². The van der Waals surface area contributed by atoms with Gasteiger partial charge in [0.25, 0.3) is 5.91 Å². The first-order valence-corrected chi connectivity index (χ1v) is 9.04. The maximum atomic E-state index is 11.8. The first-order valence-electron chi connectivity index (χ1n) is 9.04. The van der Waals surface area contributed by atoms with Crippen molar-refractivity contribution in [3.05, 3.63) is 67.3 Å². The highest BCUT2D eigenvalue weighted by molar-refractivity contribution is 5.91. The van der Waals surface area contributed by atoms with Crippen molar-refractivity contribution in [3.63, 3.8) is 0 Å². The number of carbonyl (C=O) groups excluding carboxylic acids is 1. The lowest BCUT2D eigenvalue weighted by Crippen LogP contribution is -2.25. The van der Waals surface area contributed by atoms with Gasteiger partial charge in [0.15, 0.2) is 11.5 Å². The van der Waals surface area contributed by atoms with Crippen LogP contribution in [-0.4, -0.2) is 38.9 Å². The molecule has 9 nitrogen and oxygen atoms in total. The van der Waals surface area contributed by atoms with Gasteiger partial charge in [0.2, 0.25) is 5.95 Å². The molecule has 29 heavy (non-hydrogen) atoms. The molecule has 4 rings (SSSR count). The Morgan fingerprint density at radius 2 is 1.90 bits per heavy atom. The van der Waals surface area contributed by atoms with Crippen molar-refractivity contribution in [2.24, 2.45) is 0 Å². The maximum absolute atomic E-state index is 11.8. The second-order valence-electron chi connectivity index (χ2n) is 6.04. The van der Waals surface area contributed by atoms with Gasteiger partial charge in [0.05, 0.1) is 24.4 Å². The fraction of sp³-hybridized carbons (Fsp3) is 0.150. The second kappa shape index (κ2) is 8.79. The first kappa shape index (κ1) is 18.4. The molecule has 0 fully saturated rings. The molecule has 4 heterocycles. The van der Waals surface area contributed by atoms with Crippen LogP contribution in [0.5, 0.6) is 0 Å². The van der Waals surface area contributed by atoms with Crippen LogP contribution in [0.3, 0.4) is 0 Å². The summed E-state index contributed by atoms with van der Waals surface area (Å²) in [6, 6.07) is 6.92. The normalized spacial score (nSPS) is 10.6. The molecule has 0 aliphatic rings. The predicted octanol–water partition coefficient (Wildman–Crippen LogP) is 3.02. The summed E-state index contributed by atoms with van der Waals surface area (Å²) in [4.78, 5) is 29.2. The summed E-state index contributed by atoms with van der Waals surface area (Å²) in [5, 5.41) is 5.95. The molecule has 0 atom stereocenters. The fourth-order valence-corrected chi connectivity index (χ4v) is 2.68. The zero-order chi connectivity index (χ0) is 19.9. The summed E-state index contributed by atoms with van der Waals surface area (Å²) in [6.45, 7) is 1.08. The van der Waals surface area contributed by atoms with E-state index in [0.29, 0.717) is 48.4 Å². The summed E-state index contributed by atoms with van der Waals surface area (Å²) >= 11 is 0. The quantitative estimate of drug-likeness (QED) is 0.441. The van der Waals surface area contributed by atoms with Gasteiger partial charge in [-0.3, -0.25) is 14.8 Å². The molecule has 0 spiro atoms. The molecule has 146 valence electrons. The Bertz CT molecular complexity index is 1050. The minimum Gasteiger partial charge on any atom is -0.463 e. The topological polar surface area (TPSA) is 119 Å². The van der Waals surface area contributed by atoms with E-state index in [1.165, 1.54) is 6.26 Å². The van der Waals surface area contributed by atoms with Crippen molar-refractivity contribution in [1.29, 1.82) is 0 Å². The average Bonchev–Trinajstić information content (AvgIpc) is 3.48. The number of amides is 1. The third-order valence-corrected chi connectivity index (χ3v) is 4.05. The third kappa shape index (κ3) is 4.46. The van der Waals surface area contributed by atoms with E-state index in [-0.39, 0.29) is 5.91 Å². The molecule has 0 aliphatic heterocycles. The van der Waals surface area contributed by atoms with Crippen molar-refractivity contribution in [1.82, 2.24) is 25.3 Å². The molecular formula is C20H18N6O3. The van der Waals surface area contributed by atoms with E-state index in [0.717, 1.165) is 5.56 Å². The van der Waals surface area contributed by atoms with Crippen molar-refractivity contribution < 1.29 is 13.6 Å². The van der Waals surface area contributed by atoms with Gasteiger partial charge in [0.1, 0.15) is 5.69 Å². The first-order chi connectivity index (χ1) is 14.3. The van der Waals surface area contributed by atoms with Crippen LogP contribution in [0.15, 0.2) is 70.4 Å². The van der Waals surface area contributed by atoms with Crippen LogP contribution in [0, 0.1) is 0 Å². The Morgan fingerprint density at radius 3 is 2.66 bits per heavy atom. The molecule has 0 unspecified atom stereocenters. The highest BCUT2D eigenvalue weighted by atomic mass is 16.3. The van der Waals surface area contributed by atoms with Gasteiger partial charge in [0, 0.05) is 37.2 Å². The van der Waals surface area contributed by atoms with Crippen LogP contribution in [0.4, 0.5) is 5.95 Å². The van der Waals surface area contributed by atoms with Gasteiger partial charge >= 0.3 is 0 Å². The Kier molecular flexibility index (Phi) is 5.56. The largest absolute Gasteiger partial charge is 0.463 e. The minimum atomic E-state index is -0.236. The Balaban J connectivity index is 1.39. The van der Waals surface area contributed by atoms with E-state index in [1.54, 1.807) is 49.2 Å². The summed E-state index contributed by atoms with van der Waals surface area (Å²) in [6.07, 6.45) is 10.3. The maximum Gasteiger partial charge on any atom is 0.286 e. The van der Waals surface area contributed by atoms with Crippen LogP contribution in [0.2, 0.25) is 0 Å². The van der Waals surface area contributed by atoms with Crippen LogP contribution < -0.4 is 10.6 Å². The monoisotopic (exact) mass is 390 g/mol. The van der Waals surface area contributed by atoms with Gasteiger partial charge in [-0.1, -0.05) is 0 Å². The SMILES string of the molecule is O=C(NCCCNc1ncc(-c2cnccn2)c(-c2ccco2)n1)c1ccco1. The van der Waals surface area contributed by atoms with E-state index < -0.39 is 0 Å². The predicted molar refractivity (Wildman–Crippen MR) is 105 cm³/mol. The van der Waals surface area contributed by atoms with Gasteiger partial charge in [-0.25, -0.2) is 9.97 Å². The molecule has 0 aliphatic carbocycles. The molecule has 0 bridgehead atoms. The van der Waals surface area contributed by atoms with Gasteiger partial charge in [-0.15, -0.1) is 0 Å². The van der Waals surface area contributed by atoms with Gasteiger partial charge in [-0.2, -0.15) is 0 Å². The minimum absolute atomic E-state index is 0.236. The van der Waals surface area contributed by atoms with Crippen LogP contribution in [0.1, 0.15) is 17.0 Å². The van der Waals surface area contributed by atoms with Crippen LogP contribution in [-0.2, 0) is 0 Å². The van der Waals surface area contributed by atoms with Crippen molar-refractivity contribution in [2.45, 2.75) is 6.42 Å². The van der Waals surface area contributed by atoms with Gasteiger partial charge < -0.3 is 19.5 Å². The summed E-state index contributed by atoms with van der Waals surface area (Å²) < 4.78 is 10.6. The lowest BCUT2D eigenvalue weighted by molar-refractivity contribution is 0.0926. The number of carbonyl (C=O) groups is 1. The van der Waals surface area contributed by atoms with E-state index >= 15 is 0 Å². The number of furan rings is 2. The molecular weight excluding hydrogens is 372 g/mol. The van der Waals surface area contributed by atoms with Crippen molar-refractivity contribution in [2.75, 3.05) is 18.4 Å². The molecule has 4 aromatic rings. The van der Waals surface area contributed by atoms with E-state index in [1.807, 2.05) is 6.07 Å². The molecule has 2 N–H and O–H groups in total. The molecule has 0 saturated heterocycles. The number of anilines is 1. The van der Waals surface area contributed by atoms with Crippen molar-refractivity contribution >= 4 is 11.9 Å². The number of nitrogens with zero attached hydrogens (tertiary/aromatic N) is 4. The smallest absolute Gasteiger partial charge is 0.286 e. The summed E-state index contributed by atoms with van der Waals surface area (Å²) in [5.74, 6) is 1.13. The summed E-state index contributed by atoms with van der Waals surface area (Å²) in [7, 11) is 0. The average molecular weight is 390 g/mol.